The Morgan fingerprint density at radius 2 is 1.83 bits per heavy atom. The molecule has 4 heteroatoms. The van der Waals surface area contributed by atoms with Gasteiger partial charge in [0.05, 0.1) is 21.0 Å². The summed E-state index contributed by atoms with van der Waals surface area (Å²) in [6.45, 7) is 3.64. The fourth-order valence-corrected chi connectivity index (χ4v) is 1.96. The number of hydrogen-bond donors (Lipinski definition) is 0. The molecule has 0 N–H and O–H groups in total. The van der Waals surface area contributed by atoms with Crippen LogP contribution in [0.2, 0.25) is 0 Å². The Labute approximate surface area is 109 Å². The van der Waals surface area contributed by atoms with Crippen LogP contribution in [0.4, 0.5) is 0 Å². The van der Waals surface area contributed by atoms with Gasteiger partial charge in [0.2, 0.25) is 0 Å². The highest BCUT2D eigenvalue weighted by molar-refractivity contribution is 5.46. The lowest BCUT2D eigenvalue weighted by Gasteiger charge is -2.18. The molecule has 0 spiro atoms. The van der Waals surface area contributed by atoms with E-state index in [4.69, 9.17) is 14.2 Å². The van der Waals surface area contributed by atoms with E-state index in [9.17, 15) is 0 Å². The zero-order valence-electron chi connectivity index (χ0n) is 11.9. The molecule has 0 fully saturated rings. The van der Waals surface area contributed by atoms with E-state index in [1.165, 1.54) is 11.1 Å². The van der Waals surface area contributed by atoms with Gasteiger partial charge < -0.3 is 14.2 Å². The standard InChI is InChI=1S/C14H23NO3/c1-11-8-12(17-4)9-14(18-5)13(11)6-7-15(2)10-16-3/h8-9H,6-7,10H2,1-5H3. The monoisotopic (exact) mass is 253 g/mol. The highest BCUT2D eigenvalue weighted by atomic mass is 16.5. The second-order valence-corrected chi connectivity index (χ2v) is 4.37. The third-order valence-electron chi connectivity index (χ3n) is 2.95. The van der Waals surface area contributed by atoms with Crippen molar-refractivity contribution >= 4 is 0 Å². The van der Waals surface area contributed by atoms with Gasteiger partial charge >= 0.3 is 0 Å². The minimum atomic E-state index is 0.636. The third-order valence-corrected chi connectivity index (χ3v) is 2.95. The molecule has 0 aromatic heterocycles. The van der Waals surface area contributed by atoms with Crippen LogP contribution in [0, 0.1) is 6.92 Å². The van der Waals surface area contributed by atoms with Crippen molar-refractivity contribution in [1.29, 1.82) is 0 Å². The van der Waals surface area contributed by atoms with Gasteiger partial charge in [-0.15, -0.1) is 0 Å². The van der Waals surface area contributed by atoms with Crippen LogP contribution in [0.3, 0.4) is 0 Å². The largest absolute Gasteiger partial charge is 0.497 e. The molecule has 0 unspecified atom stereocenters. The maximum absolute atomic E-state index is 5.43. The number of hydrogen-bond acceptors (Lipinski definition) is 4. The molecule has 0 aliphatic heterocycles. The summed E-state index contributed by atoms with van der Waals surface area (Å²) in [6, 6.07) is 3.97. The average molecular weight is 253 g/mol. The molecule has 0 atom stereocenters. The van der Waals surface area contributed by atoms with Crippen molar-refractivity contribution < 1.29 is 14.2 Å². The van der Waals surface area contributed by atoms with Crippen LogP contribution < -0.4 is 9.47 Å². The first-order valence-corrected chi connectivity index (χ1v) is 6.01. The molecule has 0 bridgehead atoms. The molecule has 0 amide bonds. The molecule has 1 rings (SSSR count). The number of ether oxygens (including phenoxy) is 3. The second-order valence-electron chi connectivity index (χ2n) is 4.37. The molecule has 0 aliphatic carbocycles. The van der Waals surface area contributed by atoms with E-state index in [-0.39, 0.29) is 0 Å². The van der Waals surface area contributed by atoms with Gasteiger partial charge in [-0.3, -0.25) is 4.90 Å². The second kappa shape index (κ2) is 7.24. The summed E-state index contributed by atoms with van der Waals surface area (Å²) in [5.74, 6) is 1.72. The highest BCUT2D eigenvalue weighted by Crippen LogP contribution is 2.28. The first-order chi connectivity index (χ1) is 8.62. The van der Waals surface area contributed by atoms with Gasteiger partial charge in [-0.05, 0) is 37.6 Å². The van der Waals surface area contributed by atoms with Crippen LogP contribution in [0.5, 0.6) is 11.5 Å². The predicted octanol–water partition coefficient (Wildman–Crippen LogP) is 2.09. The van der Waals surface area contributed by atoms with Crippen molar-refractivity contribution in [2.24, 2.45) is 0 Å². The van der Waals surface area contributed by atoms with E-state index in [0.29, 0.717) is 6.73 Å². The summed E-state index contributed by atoms with van der Waals surface area (Å²) < 4.78 is 15.8. The van der Waals surface area contributed by atoms with E-state index in [2.05, 4.69) is 11.8 Å². The highest BCUT2D eigenvalue weighted by Gasteiger charge is 2.10. The van der Waals surface area contributed by atoms with E-state index < -0.39 is 0 Å². The lowest BCUT2D eigenvalue weighted by molar-refractivity contribution is 0.0826. The molecule has 18 heavy (non-hydrogen) atoms. The van der Waals surface area contributed by atoms with Gasteiger partial charge in [-0.2, -0.15) is 0 Å². The summed E-state index contributed by atoms with van der Waals surface area (Å²) in [5.41, 5.74) is 2.42. The fraction of sp³-hybridized carbons (Fsp3) is 0.571. The van der Waals surface area contributed by atoms with Crippen molar-refractivity contribution in [3.8, 4) is 11.5 Å². The van der Waals surface area contributed by atoms with Crippen molar-refractivity contribution in [2.45, 2.75) is 13.3 Å². The molecule has 1 aromatic rings. The van der Waals surface area contributed by atoms with Crippen LogP contribution in [-0.4, -0.2) is 46.6 Å². The maximum atomic E-state index is 5.43. The zero-order valence-corrected chi connectivity index (χ0v) is 11.9. The normalized spacial score (nSPS) is 10.8. The Kier molecular flexibility index (Phi) is 5.95. The first kappa shape index (κ1) is 14.8. The van der Waals surface area contributed by atoms with Gasteiger partial charge in [0, 0.05) is 19.7 Å². The number of nitrogens with zero attached hydrogens (tertiary/aromatic N) is 1. The number of methoxy groups -OCH3 is 3. The summed E-state index contributed by atoms with van der Waals surface area (Å²) in [7, 11) is 7.10. The molecule has 0 radical (unpaired) electrons. The van der Waals surface area contributed by atoms with Gasteiger partial charge in [-0.1, -0.05) is 0 Å². The van der Waals surface area contributed by atoms with Crippen LogP contribution >= 0.6 is 0 Å². The number of likely N-dealkylation sites (N-methyl/N-ethyl adjacent to an activating group) is 1. The van der Waals surface area contributed by atoms with Crippen LogP contribution in [-0.2, 0) is 11.2 Å². The Balaban J connectivity index is 2.81. The topological polar surface area (TPSA) is 30.9 Å². The summed E-state index contributed by atoms with van der Waals surface area (Å²) >= 11 is 0. The van der Waals surface area contributed by atoms with Crippen molar-refractivity contribution in [2.75, 3.05) is 41.7 Å². The molecule has 0 aliphatic rings. The molecule has 0 saturated carbocycles. The lowest BCUT2D eigenvalue weighted by Crippen LogP contribution is -2.23. The predicted molar refractivity (Wildman–Crippen MR) is 72.5 cm³/mol. The Hall–Kier alpha value is -1.26. The van der Waals surface area contributed by atoms with Gasteiger partial charge in [0.15, 0.2) is 0 Å². The quantitative estimate of drug-likeness (QED) is 0.696. The smallest absolute Gasteiger partial charge is 0.126 e. The molecule has 4 nitrogen and oxygen atoms in total. The van der Waals surface area contributed by atoms with E-state index in [1.54, 1.807) is 21.3 Å². The minimum absolute atomic E-state index is 0.636. The van der Waals surface area contributed by atoms with Crippen molar-refractivity contribution in [3.05, 3.63) is 23.3 Å². The Morgan fingerprint density at radius 3 is 2.39 bits per heavy atom. The van der Waals surface area contributed by atoms with Crippen molar-refractivity contribution in [3.63, 3.8) is 0 Å². The van der Waals surface area contributed by atoms with Crippen LogP contribution in [0.25, 0.3) is 0 Å². The van der Waals surface area contributed by atoms with Gasteiger partial charge in [-0.25, -0.2) is 0 Å². The zero-order chi connectivity index (χ0) is 13.5. The molecular weight excluding hydrogens is 230 g/mol. The molecular formula is C14H23NO3. The minimum Gasteiger partial charge on any atom is -0.497 e. The van der Waals surface area contributed by atoms with E-state index in [1.807, 2.05) is 19.2 Å². The van der Waals surface area contributed by atoms with E-state index >= 15 is 0 Å². The average Bonchev–Trinajstić information content (AvgIpc) is 2.36. The third kappa shape index (κ3) is 3.89. The number of aryl methyl sites for hydroxylation is 1. The molecule has 0 heterocycles. The maximum Gasteiger partial charge on any atom is 0.126 e. The van der Waals surface area contributed by atoms with Gasteiger partial charge in [0.1, 0.15) is 11.5 Å². The number of benzene rings is 1. The Morgan fingerprint density at radius 1 is 1.11 bits per heavy atom. The van der Waals surface area contributed by atoms with Crippen LogP contribution in [0.15, 0.2) is 12.1 Å². The molecule has 1 aromatic carbocycles. The SMILES string of the molecule is COCN(C)CCc1c(C)cc(OC)cc1OC. The lowest BCUT2D eigenvalue weighted by atomic mass is 10.0. The summed E-state index contributed by atoms with van der Waals surface area (Å²) in [6.07, 6.45) is 0.929. The molecule has 102 valence electrons. The first-order valence-electron chi connectivity index (χ1n) is 6.01. The van der Waals surface area contributed by atoms with Crippen LogP contribution in [0.1, 0.15) is 11.1 Å². The fourth-order valence-electron chi connectivity index (χ4n) is 1.96. The van der Waals surface area contributed by atoms with Gasteiger partial charge in [0.25, 0.3) is 0 Å². The summed E-state index contributed by atoms with van der Waals surface area (Å²) in [4.78, 5) is 2.13. The van der Waals surface area contributed by atoms with E-state index in [0.717, 1.165) is 24.5 Å². The summed E-state index contributed by atoms with van der Waals surface area (Å²) in [5, 5.41) is 0. The molecule has 0 saturated heterocycles. The number of rotatable bonds is 7. The Bertz CT molecular complexity index is 380. The van der Waals surface area contributed by atoms with Crippen molar-refractivity contribution in [1.82, 2.24) is 4.90 Å².